The topological polar surface area (TPSA) is 118 Å². The predicted octanol–water partition coefficient (Wildman–Crippen LogP) is 4.84. The Hall–Kier alpha value is -0.840. The van der Waals surface area contributed by atoms with Crippen LogP contribution in [0.2, 0.25) is 0 Å². The van der Waals surface area contributed by atoms with Gasteiger partial charge < -0.3 is 29.5 Å². The first-order valence-corrected chi connectivity index (χ1v) is 14.2. The second-order valence-corrected chi connectivity index (χ2v) is 13.9. The van der Waals surface area contributed by atoms with Crippen LogP contribution < -0.4 is 0 Å². The third-order valence-corrected chi connectivity index (χ3v) is 8.74. The van der Waals surface area contributed by atoms with Gasteiger partial charge in [0.25, 0.3) is 0 Å². The molecule has 0 aromatic heterocycles. The van der Waals surface area contributed by atoms with Crippen molar-refractivity contribution in [3.63, 3.8) is 0 Å². The van der Waals surface area contributed by atoms with Gasteiger partial charge in [0, 0.05) is 0 Å². The SMILES string of the molecule is CC(C)(O)/C=C/C[C@@](C)(O)[C@H]1CC[C@@](C)([C@H]2CC[C@H]([C@]3(C)CC[C@H]([C@](C)(O)C/C=C\C(C)(C)OO)O3)O2)O1. The molecule has 3 aliphatic rings. The number of ether oxygens (including phenoxy) is 3. The van der Waals surface area contributed by atoms with E-state index >= 15 is 0 Å². The van der Waals surface area contributed by atoms with Gasteiger partial charge in [-0.3, -0.25) is 5.26 Å². The zero-order valence-electron chi connectivity index (χ0n) is 24.7. The molecule has 3 fully saturated rings. The van der Waals surface area contributed by atoms with Gasteiger partial charge in [0.15, 0.2) is 0 Å². The second-order valence-electron chi connectivity index (χ2n) is 13.9. The number of hydrogen-bond donors (Lipinski definition) is 4. The Morgan fingerprint density at radius 2 is 1.16 bits per heavy atom. The van der Waals surface area contributed by atoms with E-state index in [1.807, 2.05) is 12.2 Å². The van der Waals surface area contributed by atoms with Gasteiger partial charge in [0.1, 0.15) is 5.60 Å². The van der Waals surface area contributed by atoms with Crippen LogP contribution in [0.25, 0.3) is 0 Å². The summed E-state index contributed by atoms with van der Waals surface area (Å²) >= 11 is 0. The quantitative estimate of drug-likeness (QED) is 0.167. The maximum absolute atomic E-state index is 11.2. The van der Waals surface area contributed by atoms with Gasteiger partial charge in [-0.2, -0.15) is 0 Å². The summed E-state index contributed by atoms with van der Waals surface area (Å²) in [6.07, 6.45) is 11.8. The maximum atomic E-state index is 11.2. The number of aliphatic hydroxyl groups is 3. The predicted molar refractivity (Wildman–Crippen MR) is 146 cm³/mol. The van der Waals surface area contributed by atoms with Gasteiger partial charge in [-0.15, -0.1) is 0 Å². The van der Waals surface area contributed by atoms with Crippen LogP contribution in [0.15, 0.2) is 24.3 Å². The fraction of sp³-hybridized carbons (Fsp3) is 0.867. The van der Waals surface area contributed by atoms with Crippen LogP contribution in [0.4, 0.5) is 0 Å². The van der Waals surface area contributed by atoms with Gasteiger partial charge in [-0.05, 0) is 107 Å². The van der Waals surface area contributed by atoms with Crippen molar-refractivity contribution < 1.29 is 39.7 Å². The first kappa shape index (κ1) is 31.7. The Balaban J connectivity index is 1.57. The van der Waals surface area contributed by atoms with Crippen molar-refractivity contribution in [1.82, 2.24) is 0 Å². The molecule has 0 spiro atoms. The van der Waals surface area contributed by atoms with E-state index in [1.54, 1.807) is 53.7 Å². The van der Waals surface area contributed by atoms with Crippen LogP contribution in [0, 0.1) is 0 Å². The molecule has 3 aliphatic heterocycles. The van der Waals surface area contributed by atoms with E-state index in [0.717, 1.165) is 38.5 Å². The van der Waals surface area contributed by atoms with Crippen molar-refractivity contribution in [1.29, 1.82) is 0 Å². The van der Waals surface area contributed by atoms with Gasteiger partial charge >= 0.3 is 0 Å². The van der Waals surface area contributed by atoms with Crippen LogP contribution in [0.3, 0.4) is 0 Å². The fourth-order valence-corrected chi connectivity index (χ4v) is 6.07. The lowest BCUT2D eigenvalue weighted by Crippen LogP contribution is -2.47. The Labute approximate surface area is 228 Å². The second kappa shape index (κ2) is 11.2. The van der Waals surface area contributed by atoms with E-state index in [0.29, 0.717) is 12.8 Å². The van der Waals surface area contributed by atoms with E-state index in [1.165, 1.54) is 0 Å². The summed E-state index contributed by atoms with van der Waals surface area (Å²) in [5.41, 5.74) is -4.81. The average Bonchev–Trinajstić information content (AvgIpc) is 3.52. The van der Waals surface area contributed by atoms with Crippen LogP contribution in [-0.2, 0) is 19.1 Å². The minimum Gasteiger partial charge on any atom is -0.387 e. The number of hydrogen-bond acceptors (Lipinski definition) is 8. The van der Waals surface area contributed by atoms with Gasteiger partial charge in [-0.1, -0.05) is 24.3 Å². The molecule has 38 heavy (non-hydrogen) atoms. The summed E-state index contributed by atoms with van der Waals surface area (Å²) in [5.74, 6) is 0. The third-order valence-electron chi connectivity index (χ3n) is 8.74. The van der Waals surface area contributed by atoms with E-state index in [2.05, 4.69) is 18.7 Å². The highest BCUT2D eigenvalue weighted by Crippen LogP contribution is 2.48. The van der Waals surface area contributed by atoms with Gasteiger partial charge in [0.05, 0.1) is 52.4 Å². The Morgan fingerprint density at radius 3 is 1.55 bits per heavy atom. The van der Waals surface area contributed by atoms with Crippen LogP contribution in [0.5, 0.6) is 0 Å². The monoisotopic (exact) mass is 540 g/mol. The summed E-state index contributed by atoms with van der Waals surface area (Å²) in [4.78, 5) is 4.44. The van der Waals surface area contributed by atoms with Gasteiger partial charge in [-0.25, -0.2) is 4.89 Å². The van der Waals surface area contributed by atoms with Crippen molar-refractivity contribution in [3.8, 4) is 0 Å². The minimum atomic E-state index is -1.06. The van der Waals surface area contributed by atoms with Crippen molar-refractivity contribution in [2.24, 2.45) is 0 Å². The van der Waals surface area contributed by atoms with Crippen molar-refractivity contribution in [3.05, 3.63) is 24.3 Å². The highest BCUT2D eigenvalue weighted by atomic mass is 17.1. The third kappa shape index (κ3) is 7.67. The lowest BCUT2D eigenvalue weighted by atomic mass is 9.89. The molecular weight excluding hydrogens is 488 g/mol. The molecule has 0 radical (unpaired) electrons. The van der Waals surface area contributed by atoms with E-state index in [-0.39, 0.29) is 24.4 Å². The standard InChI is InChI=1S/C30H52O8/c1-25(2,31)15-9-17-27(5,32)21-13-19-29(7,36-21)23-11-12-24(35-23)30(8)20-14-22(37-30)28(6,33)18-10-16-26(3,4)38-34/h9-10,15-16,21-24,31-34H,11-14,17-20H2,1-8H3/b15-9+,16-10-/t21-,22-,23-,24-,27-,28-,29+,30+/m1/s1. The molecule has 3 rings (SSSR count). The van der Waals surface area contributed by atoms with E-state index < -0.39 is 33.6 Å². The van der Waals surface area contributed by atoms with E-state index in [4.69, 9.17) is 19.5 Å². The zero-order chi connectivity index (χ0) is 28.6. The lowest BCUT2D eigenvalue weighted by molar-refractivity contribution is -0.297. The highest BCUT2D eigenvalue weighted by Gasteiger charge is 2.55. The zero-order valence-corrected chi connectivity index (χ0v) is 24.7. The first-order valence-electron chi connectivity index (χ1n) is 14.2. The molecule has 4 N–H and O–H groups in total. The molecule has 0 unspecified atom stereocenters. The van der Waals surface area contributed by atoms with Crippen molar-refractivity contribution in [2.75, 3.05) is 0 Å². The molecular formula is C30H52O8. The molecule has 0 aromatic rings. The molecule has 8 nitrogen and oxygen atoms in total. The smallest absolute Gasteiger partial charge is 0.116 e. The van der Waals surface area contributed by atoms with Crippen LogP contribution in [0.1, 0.15) is 107 Å². The Bertz CT molecular complexity index is 857. The van der Waals surface area contributed by atoms with Gasteiger partial charge in [0.2, 0.25) is 0 Å². The summed E-state index contributed by atoms with van der Waals surface area (Å²) in [7, 11) is 0. The number of rotatable bonds is 11. The largest absolute Gasteiger partial charge is 0.387 e. The Morgan fingerprint density at radius 1 is 0.737 bits per heavy atom. The van der Waals surface area contributed by atoms with Crippen LogP contribution >= 0.6 is 0 Å². The Kier molecular flexibility index (Phi) is 9.34. The summed E-state index contributed by atoms with van der Waals surface area (Å²) in [5, 5.41) is 41.2. The summed E-state index contributed by atoms with van der Waals surface area (Å²) < 4.78 is 19.6. The maximum Gasteiger partial charge on any atom is 0.116 e. The molecule has 0 aromatic carbocycles. The molecule has 0 aliphatic carbocycles. The molecule has 8 heteroatoms. The average molecular weight is 541 g/mol. The molecule has 0 amide bonds. The fourth-order valence-electron chi connectivity index (χ4n) is 6.07. The molecule has 3 heterocycles. The van der Waals surface area contributed by atoms with Crippen LogP contribution in [-0.4, -0.2) is 78.6 Å². The molecule has 3 saturated heterocycles. The summed E-state index contributed by atoms with van der Waals surface area (Å²) in [6.45, 7) is 14.6. The van der Waals surface area contributed by atoms with E-state index in [9.17, 15) is 15.3 Å². The van der Waals surface area contributed by atoms with Crippen molar-refractivity contribution >= 4 is 0 Å². The minimum absolute atomic E-state index is 0.0937. The summed E-state index contributed by atoms with van der Waals surface area (Å²) in [6, 6.07) is 0. The highest BCUT2D eigenvalue weighted by molar-refractivity contribution is 5.07. The molecule has 220 valence electrons. The molecule has 0 bridgehead atoms. The lowest BCUT2D eigenvalue weighted by Gasteiger charge is -2.38. The molecule has 8 atom stereocenters. The normalized spacial score (nSPS) is 38.3. The molecule has 0 saturated carbocycles. The first-order chi connectivity index (χ1) is 17.3. The van der Waals surface area contributed by atoms with Crippen molar-refractivity contribution in [2.45, 2.75) is 165 Å².